The van der Waals surface area contributed by atoms with Gasteiger partial charge in [0.2, 0.25) is 5.95 Å². The lowest BCUT2D eigenvalue weighted by atomic mass is 10.2. The van der Waals surface area contributed by atoms with E-state index in [1.165, 1.54) is 4.57 Å². The summed E-state index contributed by atoms with van der Waals surface area (Å²) in [5, 5.41) is 0. The molecule has 4 N–H and O–H groups in total. The number of rotatable bonds is 2. The Morgan fingerprint density at radius 2 is 2.05 bits per heavy atom. The van der Waals surface area contributed by atoms with Gasteiger partial charge in [0, 0.05) is 18.3 Å². The lowest BCUT2D eigenvalue weighted by Gasteiger charge is -2.06. The first-order chi connectivity index (χ1) is 9.70. The summed E-state index contributed by atoms with van der Waals surface area (Å²) in [4.78, 5) is 20.8. The smallest absolute Gasteiger partial charge is 0.265 e. The molecule has 100 valence electrons. The molecule has 0 spiro atoms. The maximum absolute atomic E-state index is 12.6. The van der Waals surface area contributed by atoms with E-state index in [0.29, 0.717) is 22.3 Å². The zero-order chi connectivity index (χ0) is 14.1. The van der Waals surface area contributed by atoms with Crippen LogP contribution in [-0.2, 0) is 6.54 Å². The van der Waals surface area contributed by atoms with E-state index in [9.17, 15) is 4.79 Å². The van der Waals surface area contributed by atoms with Crippen molar-refractivity contribution >= 4 is 22.9 Å². The second-order valence-corrected chi connectivity index (χ2v) is 4.34. The number of benzene rings is 1. The second-order valence-electron chi connectivity index (χ2n) is 4.34. The van der Waals surface area contributed by atoms with Crippen LogP contribution in [0.3, 0.4) is 0 Å². The number of nitrogens with zero attached hydrogens (tertiary/aromatic N) is 3. The third-order valence-electron chi connectivity index (χ3n) is 3.06. The largest absolute Gasteiger partial charge is 0.369 e. The van der Waals surface area contributed by atoms with Gasteiger partial charge in [0.05, 0.1) is 16.7 Å². The highest BCUT2D eigenvalue weighted by Gasteiger charge is 2.16. The van der Waals surface area contributed by atoms with E-state index < -0.39 is 0 Å². The molecule has 0 atom stereocenters. The Morgan fingerprint density at radius 1 is 1.25 bits per heavy atom. The molecular formula is C14H13N5O. The molecule has 0 amide bonds. The van der Waals surface area contributed by atoms with Crippen molar-refractivity contribution in [1.82, 2.24) is 14.5 Å². The molecule has 3 rings (SSSR count). The molecular weight excluding hydrogens is 254 g/mol. The molecule has 1 aromatic carbocycles. The highest BCUT2D eigenvalue weighted by Crippen LogP contribution is 2.19. The van der Waals surface area contributed by atoms with E-state index >= 15 is 0 Å². The van der Waals surface area contributed by atoms with E-state index in [-0.39, 0.29) is 18.4 Å². The van der Waals surface area contributed by atoms with E-state index in [1.54, 1.807) is 18.3 Å². The summed E-state index contributed by atoms with van der Waals surface area (Å²) in [5.74, 6) is -0.0735. The fraction of sp³-hybridized carbons (Fsp3) is 0.0714. The molecule has 6 nitrogen and oxygen atoms in total. The molecule has 0 radical (unpaired) electrons. The number of anilines is 1. The predicted octanol–water partition coefficient (Wildman–Crippen LogP) is 1.16. The third kappa shape index (κ3) is 1.92. The molecule has 20 heavy (non-hydrogen) atoms. The van der Waals surface area contributed by atoms with Crippen LogP contribution in [0.4, 0.5) is 5.95 Å². The van der Waals surface area contributed by atoms with Crippen molar-refractivity contribution < 1.29 is 4.79 Å². The van der Waals surface area contributed by atoms with Crippen LogP contribution < -0.4 is 11.5 Å². The summed E-state index contributed by atoms with van der Waals surface area (Å²) in [6.45, 7) is 0.279. The maximum Gasteiger partial charge on any atom is 0.265 e. The number of hydrogen-bond acceptors (Lipinski definition) is 5. The van der Waals surface area contributed by atoms with Gasteiger partial charge in [0.25, 0.3) is 5.91 Å². The Balaban J connectivity index is 2.14. The standard InChI is InChI=1S/C14H13N5O/c15-8-10-7-9(5-6-17-10)13(20)19-12-4-2-1-3-11(12)18-14(19)16/h1-7H,8,15H2,(H2,16,18). The number of pyridine rings is 1. The van der Waals surface area contributed by atoms with Crippen molar-refractivity contribution in [2.24, 2.45) is 5.73 Å². The molecule has 2 heterocycles. The molecule has 0 aliphatic heterocycles. The summed E-state index contributed by atoms with van der Waals surface area (Å²) in [7, 11) is 0. The lowest BCUT2D eigenvalue weighted by molar-refractivity contribution is 0.0966. The van der Waals surface area contributed by atoms with Gasteiger partial charge in [-0.1, -0.05) is 12.1 Å². The first kappa shape index (κ1) is 12.3. The van der Waals surface area contributed by atoms with Crippen LogP contribution in [0.1, 0.15) is 16.1 Å². The van der Waals surface area contributed by atoms with Crippen LogP contribution in [0.5, 0.6) is 0 Å². The SMILES string of the molecule is NCc1cc(C(=O)n2c(N)nc3ccccc32)ccn1. The number of nitrogens with two attached hydrogens (primary N) is 2. The minimum Gasteiger partial charge on any atom is -0.369 e. The Bertz CT molecular complexity index is 793. The number of fused-ring (bicyclic) bond motifs is 1. The van der Waals surface area contributed by atoms with Gasteiger partial charge in [-0.05, 0) is 24.3 Å². The number of hydrogen-bond donors (Lipinski definition) is 2. The van der Waals surface area contributed by atoms with Crippen molar-refractivity contribution in [1.29, 1.82) is 0 Å². The quantitative estimate of drug-likeness (QED) is 0.725. The van der Waals surface area contributed by atoms with Gasteiger partial charge in [-0.3, -0.25) is 9.78 Å². The van der Waals surface area contributed by atoms with Crippen LogP contribution in [0.15, 0.2) is 42.6 Å². The Morgan fingerprint density at radius 3 is 2.85 bits per heavy atom. The Kier molecular flexibility index (Phi) is 2.92. The molecule has 3 aromatic rings. The fourth-order valence-corrected chi connectivity index (χ4v) is 2.11. The molecule has 6 heteroatoms. The molecule has 0 fully saturated rings. The minimum absolute atomic E-state index is 0.169. The van der Waals surface area contributed by atoms with Crippen LogP contribution in [0, 0.1) is 0 Å². The monoisotopic (exact) mass is 267 g/mol. The summed E-state index contributed by atoms with van der Waals surface area (Å²) < 4.78 is 1.39. The second kappa shape index (κ2) is 4.75. The summed E-state index contributed by atoms with van der Waals surface area (Å²) in [5.41, 5.74) is 13.9. The topological polar surface area (TPSA) is 99.8 Å². The van der Waals surface area contributed by atoms with Crippen molar-refractivity contribution in [2.75, 3.05) is 5.73 Å². The van der Waals surface area contributed by atoms with Gasteiger partial charge in [-0.15, -0.1) is 0 Å². The summed E-state index contributed by atoms with van der Waals surface area (Å²) in [6.07, 6.45) is 1.56. The predicted molar refractivity (Wildman–Crippen MR) is 76.0 cm³/mol. The Labute approximate surface area is 115 Å². The minimum atomic E-state index is -0.242. The van der Waals surface area contributed by atoms with Gasteiger partial charge in [0.1, 0.15) is 0 Å². The molecule has 0 saturated heterocycles. The van der Waals surface area contributed by atoms with Crippen LogP contribution in [0.25, 0.3) is 11.0 Å². The third-order valence-corrected chi connectivity index (χ3v) is 3.06. The number of nitrogen functional groups attached to an aromatic ring is 1. The summed E-state index contributed by atoms with van der Waals surface area (Å²) in [6, 6.07) is 10.6. The molecule has 0 bridgehead atoms. The number of para-hydroxylation sites is 2. The summed E-state index contributed by atoms with van der Waals surface area (Å²) >= 11 is 0. The van der Waals surface area contributed by atoms with Gasteiger partial charge in [0.15, 0.2) is 0 Å². The highest BCUT2D eigenvalue weighted by atomic mass is 16.2. The maximum atomic E-state index is 12.6. The van der Waals surface area contributed by atoms with E-state index in [1.807, 2.05) is 24.3 Å². The number of carbonyl (C=O) groups is 1. The Hall–Kier alpha value is -2.73. The van der Waals surface area contributed by atoms with E-state index in [4.69, 9.17) is 11.5 Å². The first-order valence-corrected chi connectivity index (χ1v) is 6.13. The number of aromatic nitrogens is 3. The van der Waals surface area contributed by atoms with Gasteiger partial charge in [-0.25, -0.2) is 9.55 Å². The normalized spacial score (nSPS) is 10.8. The number of imidazole rings is 1. The van der Waals surface area contributed by atoms with Crippen molar-refractivity contribution in [3.05, 3.63) is 53.9 Å². The molecule has 0 aliphatic rings. The van der Waals surface area contributed by atoms with Gasteiger partial charge < -0.3 is 11.5 Å². The molecule has 0 saturated carbocycles. The zero-order valence-corrected chi connectivity index (χ0v) is 10.7. The van der Waals surface area contributed by atoms with Gasteiger partial charge in [-0.2, -0.15) is 0 Å². The fourth-order valence-electron chi connectivity index (χ4n) is 2.11. The van der Waals surface area contributed by atoms with Gasteiger partial charge >= 0.3 is 0 Å². The van der Waals surface area contributed by atoms with Crippen molar-refractivity contribution in [3.8, 4) is 0 Å². The van der Waals surface area contributed by atoms with E-state index in [2.05, 4.69) is 9.97 Å². The van der Waals surface area contributed by atoms with Crippen LogP contribution in [-0.4, -0.2) is 20.4 Å². The van der Waals surface area contributed by atoms with Crippen molar-refractivity contribution in [2.45, 2.75) is 6.54 Å². The lowest BCUT2D eigenvalue weighted by Crippen LogP contribution is -2.15. The molecule has 0 aliphatic carbocycles. The van der Waals surface area contributed by atoms with Crippen LogP contribution in [0.2, 0.25) is 0 Å². The highest BCUT2D eigenvalue weighted by molar-refractivity contribution is 6.03. The molecule has 2 aromatic heterocycles. The van der Waals surface area contributed by atoms with Crippen LogP contribution >= 0.6 is 0 Å². The average molecular weight is 267 g/mol. The van der Waals surface area contributed by atoms with Crippen molar-refractivity contribution in [3.63, 3.8) is 0 Å². The average Bonchev–Trinajstić information content (AvgIpc) is 2.82. The van der Waals surface area contributed by atoms with E-state index in [0.717, 1.165) is 0 Å². The zero-order valence-electron chi connectivity index (χ0n) is 10.7. The number of carbonyl (C=O) groups excluding carboxylic acids is 1. The first-order valence-electron chi connectivity index (χ1n) is 6.13. The molecule has 0 unspecified atom stereocenters.